The summed E-state index contributed by atoms with van der Waals surface area (Å²) in [5.41, 5.74) is 4.42. The highest BCUT2D eigenvalue weighted by molar-refractivity contribution is 7.15. The van der Waals surface area contributed by atoms with E-state index in [-0.39, 0.29) is 0 Å². The SMILES string of the molecule is CCCC1(CNCc2c(C)nc3scc(C)n23)CC1. The summed E-state index contributed by atoms with van der Waals surface area (Å²) in [6.07, 6.45) is 5.50. The van der Waals surface area contributed by atoms with Gasteiger partial charge in [0.15, 0.2) is 4.96 Å². The molecule has 1 fully saturated rings. The fraction of sp³-hybridized carbons (Fsp3) is 0.667. The zero-order chi connectivity index (χ0) is 13.5. The minimum atomic E-state index is 0.621. The highest BCUT2D eigenvalue weighted by Gasteiger charge is 2.40. The molecular weight excluding hydrogens is 254 g/mol. The normalized spacial score (nSPS) is 17.2. The Morgan fingerprint density at radius 2 is 2.21 bits per heavy atom. The summed E-state index contributed by atoms with van der Waals surface area (Å²) in [5, 5.41) is 5.85. The number of nitrogens with zero attached hydrogens (tertiary/aromatic N) is 2. The van der Waals surface area contributed by atoms with Crippen LogP contribution in [0.25, 0.3) is 4.96 Å². The van der Waals surface area contributed by atoms with Crippen molar-refractivity contribution in [3.8, 4) is 0 Å². The molecule has 4 heteroatoms. The van der Waals surface area contributed by atoms with Gasteiger partial charge in [0.1, 0.15) is 0 Å². The van der Waals surface area contributed by atoms with Crippen LogP contribution in [0.2, 0.25) is 0 Å². The number of nitrogens with one attached hydrogen (secondary N) is 1. The predicted octanol–water partition coefficient (Wildman–Crippen LogP) is 3.68. The van der Waals surface area contributed by atoms with E-state index in [9.17, 15) is 0 Å². The van der Waals surface area contributed by atoms with Crippen LogP contribution in [0.4, 0.5) is 0 Å². The van der Waals surface area contributed by atoms with Crippen LogP contribution < -0.4 is 5.32 Å². The third-order valence-corrected chi connectivity index (χ3v) is 5.30. The van der Waals surface area contributed by atoms with E-state index in [0.29, 0.717) is 5.41 Å². The van der Waals surface area contributed by atoms with Crippen molar-refractivity contribution in [1.82, 2.24) is 14.7 Å². The van der Waals surface area contributed by atoms with Gasteiger partial charge in [-0.25, -0.2) is 4.98 Å². The zero-order valence-corrected chi connectivity index (χ0v) is 12.9. The van der Waals surface area contributed by atoms with Crippen molar-refractivity contribution >= 4 is 16.3 Å². The molecular formula is C15H23N3S. The van der Waals surface area contributed by atoms with Gasteiger partial charge in [0.05, 0.1) is 11.4 Å². The Kier molecular flexibility index (Phi) is 3.39. The third kappa shape index (κ3) is 2.43. The Labute approximate surface area is 119 Å². The van der Waals surface area contributed by atoms with E-state index in [2.05, 4.69) is 40.9 Å². The minimum absolute atomic E-state index is 0.621. The summed E-state index contributed by atoms with van der Waals surface area (Å²) in [5.74, 6) is 0. The first kappa shape index (κ1) is 13.1. The van der Waals surface area contributed by atoms with Crippen molar-refractivity contribution in [3.05, 3.63) is 22.5 Å². The molecule has 0 aromatic carbocycles. The standard InChI is InChI=1S/C15H23N3S/c1-4-5-15(6-7-15)10-16-8-13-12(3)17-14-18(13)11(2)9-19-14/h9,16H,4-8,10H2,1-3H3. The number of thiazole rings is 1. The van der Waals surface area contributed by atoms with E-state index in [1.165, 1.54) is 42.8 Å². The molecule has 1 saturated carbocycles. The highest BCUT2D eigenvalue weighted by atomic mass is 32.1. The van der Waals surface area contributed by atoms with Gasteiger partial charge in [-0.05, 0) is 38.5 Å². The maximum absolute atomic E-state index is 4.64. The molecule has 3 nitrogen and oxygen atoms in total. The first-order valence-corrected chi connectivity index (χ1v) is 8.16. The lowest BCUT2D eigenvalue weighted by Crippen LogP contribution is -2.24. The van der Waals surface area contributed by atoms with Crippen LogP contribution in [-0.4, -0.2) is 15.9 Å². The maximum atomic E-state index is 4.64. The van der Waals surface area contributed by atoms with Gasteiger partial charge in [0.25, 0.3) is 0 Å². The topological polar surface area (TPSA) is 29.3 Å². The van der Waals surface area contributed by atoms with Crippen molar-refractivity contribution in [1.29, 1.82) is 0 Å². The van der Waals surface area contributed by atoms with Crippen molar-refractivity contribution in [2.75, 3.05) is 6.54 Å². The summed E-state index contributed by atoms with van der Waals surface area (Å²) in [6.45, 7) is 8.68. The molecule has 0 bridgehead atoms. The molecule has 2 heterocycles. The molecule has 0 spiro atoms. The first-order chi connectivity index (χ1) is 9.15. The van der Waals surface area contributed by atoms with Crippen LogP contribution in [0.15, 0.2) is 5.38 Å². The molecule has 104 valence electrons. The van der Waals surface area contributed by atoms with Gasteiger partial charge in [-0.3, -0.25) is 4.40 Å². The average Bonchev–Trinajstić information content (AvgIpc) is 2.94. The molecule has 3 rings (SSSR count). The number of aromatic nitrogens is 2. The highest BCUT2D eigenvalue weighted by Crippen LogP contribution is 2.48. The van der Waals surface area contributed by atoms with Gasteiger partial charge in [-0.2, -0.15) is 0 Å². The maximum Gasteiger partial charge on any atom is 0.194 e. The molecule has 1 aliphatic rings. The van der Waals surface area contributed by atoms with Crippen molar-refractivity contribution in [3.63, 3.8) is 0 Å². The van der Waals surface area contributed by atoms with Crippen LogP contribution in [0.1, 0.15) is 49.7 Å². The van der Waals surface area contributed by atoms with E-state index in [1.54, 1.807) is 11.3 Å². The number of aryl methyl sites for hydroxylation is 2. The van der Waals surface area contributed by atoms with Gasteiger partial charge < -0.3 is 5.32 Å². The zero-order valence-electron chi connectivity index (χ0n) is 12.1. The summed E-state index contributed by atoms with van der Waals surface area (Å²) >= 11 is 1.73. The van der Waals surface area contributed by atoms with Crippen LogP contribution in [0.3, 0.4) is 0 Å². The van der Waals surface area contributed by atoms with E-state index >= 15 is 0 Å². The van der Waals surface area contributed by atoms with E-state index in [0.717, 1.165) is 18.1 Å². The molecule has 19 heavy (non-hydrogen) atoms. The molecule has 2 aromatic heterocycles. The lowest BCUT2D eigenvalue weighted by atomic mass is 10.0. The Balaban J connectivity index is 1.68. The van der Waals surface area contributed by atoms with Gasteiger partial charge in [0.2, 0.25) is 0 Å². The largest absolute Gasteiger partial charge is 0.311 e. The van der Waals surface area contributed by atoms with Crippen molar-refractivity contribution < 1.29 is 0 Å². The predicted molar refractivity (Wildman–Crippen MR) is 80.8 cm³/mol. The van der Waals surface area contributed by atoms with E-state index in [4.69, 9.17) is 0 Å². The summed E-state index contributed by atoms with van der Waals surface area (Å²) < 4.78 is 2.30. The van der Waals surface area contributed by atoms with Gasteiger partial charge in [-0.1, -0.05) is 13.3 Å². The summed E-state index contributed by atoms with van der Waals surface area (Å²) in [6, 6.07) is 0. The Hall–Kier alpha value is -0.870. The van der Waals surface area contributed by atoms with Crippen LogP contribution >= 0.6 is 11.3 Å². The fourth-order valence-corrected chi connectivity index (χ4v) is 3.97. The first-order valence-electron chi connectivity index (χ1n) is 7.28. The molecule has 0 aliphatic heterocycles. The van der Waals surface area contributed by atoms with Crippen LogP contribution in [0.5, 0.6) is 0 Å². The molecule has 0 atom stereocenters. The number of hydrogen-bond donors (Lipinski definition) is 1. The van der Waals surface area contributed by atoms with Crippen molar-refractivity contribution in [2.45, 2.75) is 53.0 Å². The second-order valence-electron chi connectivity index (χ2n) is 5.99. The third-order valence-electron chi connectivity index (χ3n) is 4.36. The lowest BCUT2D eigenvalue weighted by Gasteiger charge is -2.15. The van der Waals surface area contributed by atoms with Crippen LogP contribution in [-0.2, 0) is 6.54 Å². The number of hydrogen-bond acceptors (Lipinski definition) is 3. The van der Waals surface area contributed by atoms with E-state index in [1.807, 2.05) is 0 Å². The number of fused-ring (bicyclic) bond motifs is 1. The molecule has 2 aromatic rings. The second kappa shape index (κ2) is 4.91. The lowest BCUT2D eigenvalue weighted by molar-refractivity contribution is 0.419. The molecule has 1 N–H and O–H groups in total. The Morgan fingerprint density at radius 3 is 2.89 bits per heavy atom. The summed E-state index contributed by atoms with van der Waals surface area (Å²) in [7, 11) is 0. The molecule has 0 saturated heterocycles. The van der Waals surface area contributed by atoms with Gasteiger partial charge in [0, 0.05) is 24.2 Å². The van der Waals surface area contributed by atoms with E-state index < -0.39 is 0 Å². The number of rotatable bonds is 6. The fourth-order valence-electron chi connectivity index (χ4n) is 3.04. The van der Waals surface area contributed by atoms with Crippen LogP contribution in [0, 0.1) is 19.3 Å². The van der Waals surface area contributed by atoms with Crippen molar-refractivity contribution in [2.24, 2.45) is 5.41 Å². The number of imidazole rings is 1. The Bertz CT molecular complexity index is 577. The molecule has 0 radical (unpaired) electrons. The monoisotopic (exact) mass is 277 g/mol. The Morgan fingerprint density at radius 1 is 1.42 bits per heavy atom. The van der Waals surface area contributed by atoms with Gasteiger partial charge >= 0.3 is 0 Å². The molecule has 1 aliphatic carbocycles. The molecule has 0 amide bonds. The van der Waals surface area contributed by atoms with Gasteiger partial charge in [-0.15, -0.1) is 11.3 Å². The second-order valence-corrected chi connectivity index (χ2v) is 6.83. The smallest absolute Gasteiger partial charge is 0.194 e. The quantitative estimate of drug-likeness (QED) is 0.872. The molecule has 0 unspecified atom stereocenters. The summed E-state index contributed by atoms with van der Waals surface area (Å²) in [4.78, 5) is 5.77. The minimum Gasteiger partial charge on any atom is -0.311 e. The average molecular weight is 277 g/mol.